The third-order valence-electron chi connectivity index (χ3n) is 4.54. The Morgan fingerprint density at radius 1 is 1.08 bits per heavy atom. The van der Waals surface area contributed by atoms with E-state index in [9.17, 15) is 0 Å². The molecule has 4 rings (SSSR count). The van der Waals surface area contributed by atoms with Crippen LogP contribution in [0, 0.1) is 0 Å². The molecule has 3 aromatic heterocycles. The van der Waals surface area contributed by atoms with Gasteiger partial charge in [0.15, 0.2) is 11.5 Å². The molecule has 1 fully saturated rings. The SMILES string of the molecule is CC(C)n1ccnc1CN1CCN(c2cncc3ncnn23)CC1. The fourth-order valence-electron chi connectivity index (χ4n) is 3.23. The third kappa shape index (κ3) is 2.73. The molecule has 8 nitrogen and oxygen atoms in total. The summed E-state index contributed by atoms with van der Waals surface area (Å²) < 4.78 is 4.10. The second-order valence-corrected chi connectivity index (χ2v) is 6.40. The van der Waals surface area contributed by atoms with Crippen LogP contribution in [-0.4, -0.2) is 60.2 Å². The zero-order valence-corrected chi connectivity index (χ0v) is 14.1. The lowest BCUT2D eigenvalue weighted by atomic mass is 10.3. The van der Waals surface area contributed by atoms with Crippen molar-refractivity contribution in [3.8, 4) is 0 Å². The molecule has 0 spiro atoms. The van der Waals surface area contributed by atoms with Crippen molar-refractivity contribution >= 4 is 11.5 Å². The first-order valence-corrected chi connectivity index (χ1v) is 8.35. The van der Waals surface area contributed by atoms with Crippen LogP contribution in [0.3, 0.4) is 0 Å². The molecule has 0 radical (unpaired) electrons. The first kappa shape index (κ1) is 15.1. The van der Waals surface area contributed by atoms with Crippen LogP contribution in [-0.2, 0) is 6.54 Å². The lowest BCUT2D eigenvalue weighted by Crippen LogP contribution is -2.47. The Balaban J connectivity index is 1.43. The summed E-state index contributed by atoms with van der Waals surface area (Å²) >= 11 is 0. The molecule has 126 valence electrons. The molecule has 0 bridgehead atoms. The summed E-state index contributed by atoms with van der Waals surface area (Å²) in [5.41, 5.74) is 0.786. The maximum absolute atomic E-state index is 4.52. The van der Waals surface area contributed by atoms with Crippen LogP contribution >= 0.6 is 0 Å². The predicted molar refractivity (Wildman–Crippen MR) is 90.9 cm³/mol. The highest BCUT2D eigenvalue weighted by Crippen LogP contribution is 2.17. The highest BCUT2D eigenvalue weighted by Gasteiger charge is 2.21. The number of nitrogens with zero attached hydrogens (tertiary/aromatic N) is 8. The number of fused-ring (bicyclic) bond motifs is 1. The molecule has 24 heavy (non-hydrogen) atoms. The van der Waals surface area contributed by atoms with Crippen molar-refractivity contribution in [2.45, 2.75) is 26.4 Å². The number of piperazine rings is 1. The van der Waals surface area contributed by atoms with Gasteiger partial charge in [-0.3, -0.25) is 9.88 Å². The average Bonchev–Trinajstić information content (AvgIpc) is 3.24. The number of hydrogen-bond donors (Lipinski definition) is 0. The number of rotatable bonds is 4. The summed E-state index contributed by atoms with van der Waals surface area (Å²) in [6, 6.07) is 0.444. The first-order valence-electron chi connectivity index (χ1n) is 8.35. The maximum atomic E-state index is 4.52. The molecule has 0 amide bonds. The Bertz CT molecular complexity index is 812. The van der Waals surface area contributed by atoms with Crippen LogP contribution in [0.5, 0.6) is 0 Å². The van der Waals surface area contributed by atoms with Gasteiger partial charge >= 0.3 is 0 Å². The van der Waals surface area contributed by atoms with Gasteiger partial charge in [-0.1, -0.05) is 0 Å². The van der Waals surface area contributed by atoms with E-state index in [0.717, 1.165) is 50.0 Å². The van der Waals surface area contributed by atoms with Crippen LogP contribution in [0.15, 0.2) is 31.1 Å². The molecular formula is C16H22N8. The van der Waals surface area contributed by atoms with Crippen molar-refractivity contribution in [1.82, 2.24) is 34.0 Å². The van der Waals surface area contributed by atoms with Gasteiger partial charge in [-0.15, -0.1) is 0 Å². The molecular weight excluding hydrogens is 304 g/mol. The Hall–Kier alpha value is -2.48. The summed E-state index contributed by atoms with van der Waals surface area (Å²) in [4.78, 5) is 17.8. The van der Waals surface area contributed by atoms with Crippen molar-refractivity contribution in [3.05, 3.63) is 36.9 Å². The molecule has 0 unspecified atom stereocenters. The zero-order valence-electron chi connectivity index (χ0n) is 14.1. The lowest BCUT2D eigenvalue weighted by molar-refractivity contribution is 0.238. The molecule has 4 heterocycles. The number of anilines is 1. The molecule has 8 heteroatoms. The maximum Gasteiger partial charge on any atom is 0.175 e. The van der Waals surface area contributed by atoms with E-state index in [0.29, 0.717) is 6.04 Å². The normalized spacial score (nSPS) is 16.4. The standard InChI is InChI=1S/C16H22N8/c1-13(2)23-4-3-18-15(23)11-21-5-7-22(8-6-21)16-10-17-9-14-19-12-20-24(14)16/h3-4,9-10,12-13H,5-8,11H2,1-2H3. The van der Waals surface area contributed by atoms with E-state index < -0.39 is 0 Å². The third-order valence-corrected chi connectivity index (χ3v) is 4.54. The summed E-state index contributed by atoms with van der Waals surface area (Å²) in [5, 5.41) is 4.30. The predicted octanol–water partition coefficient (Wildman–Crippen LogP) is 1.22. The van der Waals surface area contributed by atoms with Crippen LogP contribution in [0.1, 0.15) is 25.7 Å². The minimum atomic E-state index is 0.444. The van der Waals surface area contributed by atoms with Gasteiger partial charge in [0, 0.05) is 44.6 Å². The molecule has 1 saturated heterocycles. The second-order valence-electron chi connectivity index (χ2n) is 6.40. The fraction of sp³-hybridized carbons (Fsp3) is 0.500. The largest absolute Gasteiger partial charge is 0.353 e. The summed E-state index contributed by atoms with van der Waals surface area (Å²) in [5.74, 6) is 2.15. The van der Waals surface area contributed by atoms with Crippen LogP contribution < -0.4 is 4.90 Å². The van der Waals surface area contributed by atoms with Crippen LogP contribution in [0.25, 0.3) is 5.65 Å². The van der Waals surface area contributed by atoms with E-state index in [1.807, 2.05) is 16.9 Å². The molecule has 0 aromatic carbocycles. The van der Waals surface area contributed by atoms with Gasteiger partial charge in [0.2, 0.25) is 0 Å². The van der Waals surface area contributed by atoms with E-state index in [4.69, 9.17) is 0 Å². The molecule has 1 aliphatic rings. The highest BCUT2D eigenvalue weighted by atomic mass is 15.4. The summed E-state index contributed by atoms with van der Waals surface area (Å²) in [7, 11) is 0. The zero-order chi connectivity index (χ0) is 16.5. The molecule has 1 aliphatic heterocycles. The topological polar surface area (TPSA) is 67.4 Å². The van der Waals surface area contributed by atoms with Gasteiger partial charge < -0.3 is 9.47 Å². The van der Waals surface area contributed by atoms with Gasteiger partial charge in [0.1, 0.15) is 12.2 Å². The Labute approximate surface area is 140 Å². The number of aromatic nitrogens is 6. The number of hydrogen-bond acceptors (Lipinski definition) is 6. The second kappa shape index (κ2) is 6.20. The molecule has 0 N–H and O–H groups in total. The van der Waals surface area contributed by atoms with Gasteiger partial charge in [0.05, 0.1) is 18.9 Å². The van der Waals surface area contributed by atoms with E-state index in [1.165, 1.54) is 0 Å². The minimum Gasteiger partial charge on any atom is -0.353 e. The van der Waals surface area contributed by atoms with Gasteiger partial charge in [-0.05, 0) is 13.8 Å². The fourth-order valence-corrected chi connectivity index (χ4v) is 3.23. The van der Waals surface area contributed by atoms with Gasteiger partial charge in [0.25, 0.3) is 0 Å². The summed E-state index contributed by atoms with van der Waals surface area (Å²) in [6.45, 7) is 9.16. The Kier molecular flexibility index (Phi) is 3.89. The minimum absolute atomic E-state index is 0.444. The van der Waals surface area contributed by atoms with E-state index in [1.54, 1.807) is 12.5 Å². The molecule has 0 aliphatic carbocycles. The van der Waals surface area contributed by atoms with Crippen molar-refractivity contribution in [2.24, 2.45) is 0 Å². The van der Waals surface area contributed by atoms with E-state index in [2.05, 4.69) is 54.5 Å². The van der Waals surface area contributed by atoms with Crippen molar-refractivity contribution in [3.63, 3.8) is 0 Å². The molecule has 3 aromatic rings. The van der Waals surface area contributed by atoms with Gasteiger partial charge in [-0.25, -0.2) is 9.97 Å². The first-order chi connectivity index (χ1) is 11.7. The molecule has 0 saturated carbocycles. The molecule has 0 atom stereocenters. The van der Waals surface area contributed by atoms with Crippen molar-refractivity contribution in [1.29, 1.82) is 0 Å². The quantitative estimate of drug-likeness (QED) is 0.718. The van der Waals surface area contributed by atoms with Crippen LogP contribution in [0.4, 0.5) is 5.82 Å². The van der Waals surface area contributed by atoms with Crippen molar-refractivity contribution < 1.29 is 0 Å². The summed E-state index contributed by atoms with van der Waals surface area (Å²) in [6.07, 6.45) is 9.12. The van der Waals surface area contributed by atoms with Crippen molar-refractivity contribution in [2.75, 3.05) is 31.1 Å². The van der Waals surface area contributed by atoms with E-state index >= 15 is 0 Å². The monoisotopic (exact) mass is 326 g/mol. The van der Waals surface area contributed by atoms with Gasteiger partial charge in [-0.2, -0.15) is 9.61 Å². The average molecular weight is 326 g/mol. The van der Waals surface area contributed by atoms with E-state index in [-0.39, 0.29) is 0 Å². The number of imidazole rings is 1. The lowest BCUT2D eigenvalue weighted by Gasteiger charge is -2.35. The Morgan fingerprint density at radius 2 is 1.92 bits per heavy atom. The smallest absolute Gasteiger partial charge is 0.175 e. The Morgan fingerprint density at radius 3 is 2.71 bits per heavy atom. The highest BCUT2D eigenvalue weighted by molar-refractivity contribution is 5.46. The van der Waals surface area contributed by atoms with Crippen LogP contribution in [0.2, 0.25) is 0 Å².